The van der Waals surface area contributed by atoms with Crippen LogP contribution >= 0.6 is 0 Å². The van der Waals surface area contributed by atoms with E-state index in [-0.39, 0.29) is 17.1 Å². The molecular weight excluding hydrogens is 283 g/mol. The molecule has 1 saturated carbocycles. The highest BCUT2D eigenvalue weighted by molar-refractivity contribution is 5.85. The molecular formula is C17H23FN2O2. The molecule has 1 amide bonds. The van der Waals surface area contributed by atoms with Crippen LogP contribution in [0.3, 0.4) is 0 Å². The van der Waals surface area contributed by atoms with Crippen molar-refractivity contribution in [3.05, 3.63) is 35.6 Å². The minimum Gasteiger partial charge on any atom is -0.368 e. The summed E-state index contributed by atoms with van der Waals surface area (Å²) < 4.78 is 19.0. The van der Waals surface area contributed by atoms with Crippen LogP contribution < -0.4 is 10.6 Å². The van der Waals surface area contributed by atoms with Crippen molar-refractivity contribution in [1.82, 2.24) is 10.6 Å². The van der Waals surface area contributed by atoms with Crippen molar-refractivity contribution in [1.29, 1.82) is 0 Å². The Bertz CT molecular complexity index is 551. The Morgan fingerprint density at radius 1 is 1.32 bits per heavy atom. The first-order chi connectivity index (χ1) is 10.6. The summed E-state index contributed by atoms with van der Waals surface area (Å²) in [6.07, 6.45) is 3.33. The standard InChI is InChI=1S/C17H23FN2O2/c1-22-17(7-9-19-10-8-17)15(21)20-12-16(5-6-16)13-3-2-4-14(18)11-13/h2-4,11,19H,5-10,12H2,1H3,(H,20,21). The molecule has 0 atom stereocenters. The molecule has 0 unspecified atom stereocenters. The van der Waals surface area contributed by atoms with E-state index in [1.807, 2.05) is 6.07 Å². The molecule has 1 aromatic rings. The number of benzene rings is 1. The third-order valence-corrected chi connectivity index (χ3v) is 5.09. The number of hydrogen-bond acceptors (Lipinski definition) is 3. The topological polar surface area (TPSA) is 50.4 Å². The predicted octanol–water partition coefficient (Wildman–Crippen LogP) is 1.74. The third kappa shape index (κ3) is 2.88. The molecule has 5 heteroatoms. The minimum absolute atomic E-state index is 0.0424. The predicted molar refractivity (Wildman–Crippen MR) is 82.2 cm³/mol. The van der Waals surface area contributed by atoms with Gasteiger partial charge in [0.1, 0.15) is 11.4 Å². The van der Waals surface area contributed by atoms with E-state index in [1.165, 1.54) is 6.07 Å². The van der Waals surface area contributed by atoms with E-state index in [4.69, 9.17) is 4.74 Å². The van der Waals surface area contributed by atoms with Crippen molar-refractivity contribution in [2.45, 2.75) is 36.7 Å². The number of nitrogens with one attached hydrogen (secondary N) is 2. The molecule has 1 aliphatic carbocycles. The molecule has 1 heterocycles. The average molecular weight is 306 g/mol. The fourth-order valence-electron chi connectivity index (χ4n) is 3.30. The van der Waals surface area contributed by atoms with Crippen molar-refractivity contribution in [2.75, 3.05) is 26.7 Å². The Kier molecular flexibility index (Phi) is 4.19. The van der Waals surface area contributed by atoms with Gasteiger partial charge in [0.25, 0.3) is 5.91 Å². The second-order valence-corrected chi connectivity index (χ2v) is 6.42. The van der Waals surface area contributed by atoms with E-state index in [9.17, 15) is 9.18 Å². The lowest BCUT2D eigenvalue weighted by atomic mass is 9.90. The maximum atomic E-state index is 13.4. The molecule has 0 aromatic heterocycles. The van der Waals surface area contributed by atoms with Crippen molar-refractivity contribution >= 4 is 5.91 Å². The van der Waals surface area contributed by atoms with E-state index in [2.05, 4.69) is 10.6 Å². The molecule has 1 aromatic carbocycles. The van der Waals surface area contributed by atoms with Gasteiger partial charge in [-0.05, 0) is 56.5 Å². The number of amides is 1. The first kappa shape index (κ1) is 15.4. The highest BCUT2D eigenvalue weighted by Gasteiger charge is 2.46. The SMILES string of the molecule is COC1(C(=O)NCC2(c3cccc(F)c3)CC2)CCNCC1. The minimum atomic E-state index is -0.719. The fraction of sp³-hybridized carbons (Fsp3) is 0.588. The Morgan fingerprint density at radius 2 is 2.05 bits per heavy atom. The van der Waals surface area contributed by atoms with Gasteiger partial charge in [0, 0.05) is 19.1 Å². The lowest BCUT2D eigenvalue weighted by molar-refractivity contribution is -0.146. The van der Waals surface area contributed by atoms with Gasteiger partial charge < -0.3 is 15.4 Å². The molecule has 0 bridgehead atoms. The quantitative estimate of drug-likeness (QED) is 0.871. The highest BCUT2D eigenvalue weighted by Crippen LogP contribution is 2.47. The molecule has 1 saturated heterocycles. The van der Waals surface area contributed by atoms with Crippen LogP contribution in [0.15, 0.2) is 24.3 Å². The Labute approximate surface area is 130 Å². The lowest BCUT2D eigenvalue weighted by Gasteiger charge is -2.35. The van der Waals surface area contributed by atoms with Crippen LogP contribution in [0.25, 0.3) is 0 Å². The molecule has 2 fully saturated rings. The van der Waals surface area contributed by atoms with E-state index >= 15 is 0 Å². The lowest BCUT2D eigenvalue weighted by Crippen LogP contribution is -2.55. The van der Waals surface area contributed by atoms with Crippen LogP contribution in [0.1, 0.15) is 31.2 Å². The van der Waals surface area contributed by atoms with E-state index in [1.54, 1.807) is 19.2 Å². The molecule has 0 radical (unpaired) electrons. The van der Waals surface area contributed by atoms with Gasteiger partial charge in [0.05, 0.1) is 0 Å². The van der Waals surface area contributed by atoms with Crippen LogP contribution in [0.4, 0.5) is 4.39 Å². The maximum Gasteiger partial charge on any atom is 0.252 e. The number of halogens is 1. The van der Waals surface area contributed by atoms with Gasteiger partial charge >= 0.3 is 0 Å². The smallest absolute Gasteiger partial charge is 0.252 e. The zero-order chi connectivity index (χ0) is 15.6. The summed E-state index contributed by atoms with van der Waals surface area (Å²) in [6, 6.07) is 6.71. The first-order valence-electron chi connectivity index (χ1n) is 7.91. The monoisotopic (exact) mass is 306 g/mol. The molecule has 1 aliphatic heterocycles. The van der Waals surface area contributed by atoms with Crippen LogP contribution in [-0.2, 0) is 14.9 Å². The van der Waals surface area contributed by atoms with Gasteiger partial charge in [-0.15, -0.1) is 0 Å². The fourth-order valence-corrected chi connectivity index (χ4v) is 3.30. The summed E-state index contributed by atoms with van der Waals surface area (Å²) in [5.41, 5.74) is 0.160. The van der Waals surface area contributed by atoms with Crippen molar-refractivity contribution in [3.63, 3.8) is 0 Å². The number of methoxy groups -OCH3 is 1. The number of ether oxygens (including phenoxy) is 1. The Morgan fingerprint density at radius 3 is 2.64 bits per heavy atom. The molecule has 2 N–H and O–H groups in total. The molecule has 2 aliphatic rings. The van der Waals surface area contributed by atoms with Crippen molar-refractivity contribution in [3.8, 4) is 0 Å². The van der Waals surface area contributed by atoms with Crippen LogP contribution in [-0.4, -0.2) is 38.3 Å². The van der Waals surface area contributed by atoms with Crippen LogP contribution in [0.2, 0.25) is 0 Å². The van der Waals surface area contributed by atoms with Crippen molar-refractivity contribution < 1.29 is 13.9 Å². The molecule has 120 valence electrons. The molecule has 0 spiro atoms. The van der Waals surface area contributed by atoms with E-state index in [0.29, 0.717) is 19.4 Å². The molecule has 4 nitrogen and oxygen atoms in total. The van der Waals surface area contributed by atoms with E-state index in [0.717, 1.165) is 31.5 Å². The van der Waals surface area contributed by atoms with Gasteiger partial charge in [-0.25, -0.2) is 4.39 Å². The van der Waals surface area contributed by atoms with Crippen LogP contribution in [0, 0.1) is 5.82 Å². The zero-order valence-electron chi connectivity index (χ0n) is 13.0. The number of carbonyl (C=O) groups is 1. The average Bonchev–Trinajstić information content (AvgIpc) is 3.34. The summed E-state index contributed by atoms with van der Waals surface area (Å²) >= 11 is 0. The van der Waals surface area contributed by atoms with Gasteiger partial charge in [-0.2, -0.15) is 0 Å². The number of piperidine rings is 1. The number of rotatable bonds is 5. The Hall–Kier alpha value is -1.46. The number of hydrogen-bond donors (Lipinski definition) is 2. The maximum absolute atomic E-state index is 13.4. The van der Waals surface area contributed by atoms with Gasteiger partial charge in [0.15, 0.2) is 0 Å². The summed E-state index contributed by atoms with van der Waals surface area (Å²) in [4.78, 5) is 12.6. The summed E-state index contributed by atoms with van der Waals surface area (Å²) in [7, 11) is 1.60. The third-order valence-electron chi connectivity index (χ3n) is 5.09. The second kappa shape index (κ2) is 5.97. The Balaban J connectivity index is 1.65. The largest absolute Gasteiger partial charge is 0.368 e. The highest BCUT2D eigenvalue weighted by atomic mass is 19.1. The molecule has 22 heavy (non-hydrogen) atoms. The second-order valence-electron chi connectivity index (χ2n) is 6.42. The van der Waals surface area contributed by atoms with Crippen molar-refractivity contribution in [2.24, 2.45) is 0 Å². The normalized spacial score (nSPS) is 22.1. The van der Waals surface area contributed by atoms with Gasteiger partial charge in [-0.3, -0.25) is 4.79 Å². The zero-order valence-corrected chi connectivity index (χ0v) is 13.0. The summed E-state index contributed by atoms with van der Waals surface area (Å²) in [5, 5.41) is 6.29. The number of carbonyl (C=O) groups excluding carboxylic acids is 1. The van der Waals surface area contributed by atoms with E-state index < -0.39 is 5.60 Å². The first-order valence-corrected chi connectivity index (χ1v) is 7.91. The van der Waals surface area contributed by atoms with Gasteiger partial charge in [0.2, 0.25) is 0 Å². The molecule has 3 rings (SSSR count). The van der Waals surface area contributed by atoms with Gasteiger partial charge in [-0.1, -0.05) is 12.1 Å². The van der Waals surface area contributed by atoms with Crippen LogP contribution in [0.5, 0.6) is 0 Å². The summed E-state index contributed by atoms with van der Waals surface area (Å²) in [6.45, 7) is 2.13. The summed E-state index contributed by atoms with van der Waals surface area (Å²) in [5.74, 6) is -0.263.